The van der Waals surface area contributed by atoms with E-state index in [4.69, 9.17) is 0 Å². The van der Waals surface area contributed by atoms with E-state index >= 15 is 0 Å². The Morgan fingerprint density at radius 2 is 1.52 bits per heavy atom. The first-order valence-corrected chi connectivity index (χ1v) is 8.87. The molecule has 118 valence electrons. The number of carbonyl (C=O) groups is 1. The molecule has 4 nitrogen and oxygen atoms in total. The van der Waals surface area contributed by atoms with Crippen LogP contribution >= 0.6 is 0 Å². The Morgan fingerprint density at radius 1 is 1.00 bits per heavy atom. The Hall–Kier alpha value is -0.770. The van der Waals surface area contributed by atoms with E-state index in [9.17, 15) is 4.79 Å². The number of urea groups is 1. The lowest BCUT2D eigenvalue weighted by Crippen LogP contribution is -2.62. The molecule has 2 N–H and O–H groups in total. The van der Waals surface area contributed by atoms with Gasteiger partial charge >= 0.3 is 6.03 Å². The van der Waals surface area contributed by atoms with Crippen molar-refractivity contribution in [2.24, 2.45) is 17.8 Å². The van der Waals surface area contributed by atoms with Gasteiger partial charge in [0.25, 0.3) is 0 Å². The molecule has 0 aromatic rings. The van der Waals surface area contributed by atoms with Gasteiger partial charge in [-0.3, -0.25) is 0 Å². The number of hydrogen-bond donors (Lipinski definition) is 2. The van der Waals surface area contributed by atoms with Gasteiger partial charge in [0.2, 0.25) is 0 Å². The molecule has 4 heteroatoms. The average molecular weight is 291 g/mol. The number of likely N-dealkylation sites (tertiary alicyclic amines) is 1. The van der Waals surface area contributed by atoms with Crippen LogP contribution in [-0.4, -0.2) is 42.6 Å². The molecule has 0 aromatic carbocycles. The van der Waals surface area contributed by atoms with Gasteiger partial charge in [0.1, 0.15) is 0 Å². The number of nitrogens with one attached hydrogen (secondary N) is 2. The average Bonchev–Trinajstić information content (AvgIpc) is 2.39. The van der Waals surface area contributed by atoms with Crippen molar-refractivity contribution in [2.45, 2.75) is 62.9 Å². The molecule has 21 heavy (non-hydrogen) atoms. The molecule has 4 saturated carbocycles. The maximum absolute atomic E-state index is 12.4. The van der Waals surface area contributed by atoms with Crippen LogP contribution in [0.3, 0.4) is 0 Å². The van der Waals surface area contributed by atoms with E-state index in [1.807, 2.05) is 0 Å². The molecule has 5 aliphatic rings. The molecule has 0 radical (unpaired) electrons. The zero-order chi connectivity index (χ0) is 14.4. The van der Waals surface area contributed by atoms with Gasteiger partial charge in [-0.25, -0.2) is 4.79 Å². The van der Waals surface area contributed by atoms with Gasteiger partial charge in [0.15, 0.2) is 0 Å². The summed E-state index contributed by atoms with van der Waals surface area (Å²) in [5.41, 5.74) is 0.143. The summed E-state index contributed by atoms with van der Waals surface area (Å²) in [5, 5.41) is 6.66. The highest BCUT2D eigenvalue weighted by molar-refractivity contribution is 5.75. The van der Waals surface area contributed by atoms with Gasteiger partial charge in [-0.15, -0.1) is 0 Å². The monoisotopic (exact) mass is 291 g/mol. The predicted molar refractivity (Wildman–Crippen MR) is 83.1 cm³/mol. The van der Waals surface area contributed by atoms with Crippen molar-refractivity contribution in [1.82, 2.24) is 15.5 Å². The molecule has 0 aromatic heterocycles. The Kier molecular flexibility index (Phi) is 3.40. The van der Waals surface area contributed by atoms with Crippen LogP contribution in [0.25, 0.3) is 0 Å². The van der Waals surface area contributed by atoms with E-state index in [0.29, 0.717) is 6.04 Å². The Bertz CT molecular complexity index is 379. The van der Waals surface area contributed by atoms with E-state index in [1.54, 1.807) is 0 Å². The molecule has 5 rings (SSSR count). The van der Waals surface area contributed by atoms with E-state index in [1.165, 1.54) is 38.5 Å². The fraction of sp³-hybridized carbons (Fsp3) is 0.941. The molecule has 1 aliphatic heterocycles. The molecule has 5 fully saturated rings. The van der Waals surface area contributed by atoms with Gasteiger partial charge in [0.05, 0.1) is 0 Å². The highest BCUT2D eigenvalue weighted by Gasteiger charge is 2.51. The number of amides is 2. The Balaban J connectivity index is 1.34. The van der Waals surface area contributed by atoms with Gasteiger partial charge < -0.3 is 15.5 Å². The van der Waals surface area contributed by atoms with Crippen molar-refractivity contribution in [2.75, 3.05) is 20.1 Å². The smallest absolute Gasteiger partial charge is 0.315 e. The summed E-state index contributed by atoms with van der Waals surface area (Å²) < 4.78 is 0. The lowest BCUT2D eigenvalue weighted by molar-refractivity contribution is -0.0137. The minimum absolute atomic E-state index is 0.103. The van der Waals surface area contributed by atoms with Crippen molar-refractivity contribution in [3.63, 3.8) is 0 Å². The third kappa shape index (κ3) is 2.79. The largest absolute Gasteiger partial charge is 0.335 e. The third-order valence-electron chi connectivity index (χ3n) is 6.47. The van der Waals surface area contributed by atoms with Gasteiger partial charge in [-0.1, -0.05) is 0 Å². The second-order valence-electron chi connectivity index (χ2n) is 8.37. The number of rotatable bonds is 2. The van der Waals surface area contributed by atoms with Crippen LogP contribution in [0.1, 0.15) is 51.4 Å². The maximum Gasteiger partial charge on any atom is 0.315 e. The van der Waals surface area contributed by atoms with E-state index < -0.39 is 0 Å². The SMILES string of the molecule is CN1CCC(NC(=O)NC23CC4CC(CC(C4)C2)C3)CC1. The molecule has 1 heterocycles. The van der Waals surface area contributed by atoms with Crippen LogP contribution in [0.15, 0.2) is 0 Å². The summed E-state index contributed by atoms with van der Waals surface area (Å²) in [4.78, 5) is 14.8. The Morgan fingerprint density at radius 3 is 2.05 bits per heavy atom. The second-order valence-corrected chi connectivity index (χ2v) is 8.37. The number of hydrogen-bond acceptors (Lipinski definition) is 2. The summed E-state index contributed by atoms with van der Waals surface area (Å²) in [7, 11) is 2.16. The maximum atomic E-state index is 12.4. The first-order valence-electron chi connectivity index (χ1n) is 8.87. The standard InChI is InChI=1S/C17H29N3O/c1-20-4-2-15(3-5-20)18-16(21)19-17-9-12-6-13(10-17)8-14(7-12)11-17/h12-15H,2-11H2,1H3,(H2,18,19,21). The van der Waals surface area contributed by atoms with Crippen LogP contribution in [0, 0.1) is 17.8 Å². The van der Waals surface area contributed by atoms with Crippen molar-refractivity contribution >= 4 is 6.03 Å². The van der Waals surface area contributed by atoms with Crippen LogP contribution < -0.4 is 10.6 Å². The van der Waals surface area contributed by atoms with Crippen molar-refractivity contribution in [3.05, 3.63) is 0 Å². The highest BCUT2D eigenvalue weighted by Crippen LogP contribution is 2.55. The molecule has 4 aliphatic carbocycles. The zero-order valence-corrected chi connectivity index (χ0v) is 13.2. The van der Waals surface area contributed by atoms with Gasteiger partial charge in [-0.05, 0) is 89.3 Å². The molecule has 0 unspecified atom stereocenters. The lowest BCUT2D eigenvalue weighted by atomic mass is 9.53. The molecule has 0 spiro atoms. The van der Waals surface area contributed by atoms with Gasteiger partial charge in [-0.2, -0.15) is 0 Å². The molecule has 2 amide bonds. The van der Waals surface area contributed by atoms with E-state index in [2.05, 4.69) is 22.6 Å². The fourth-order valence-corrected chi connectivity index (χ4v) is 5.88. The highest BCUT2D eigenvalue weighted by atomic mass is 16.2. The summed E-state index contributed by atoms with van der Waals surface area (Å²) in [5.74, 6) is 2.67. The van der Waals surface area contributed by atoms with Crippen molar-refractivity contribution in [3.8, 4) is 0 Å². The van der Waals surface area contributed by atoms with Crippen LogP contribution in [0.4, 0.5) is 4.79 Å². The Labute approximate surface area is 128 Å². The van der Waals surface area contributed by atoms with Gasteiger partial charge in [0, 0.05) is 11.6 Å². The summed E-state index contributed by atoms with van der Waals surface area (Å²) in [6.07, 6.45) is 10.2. The molecular formula is C17H29N3O. The topological polar surface area (TPSA) is 44.4 Å². The lowest BCUT2D eigenvalue weighted by Gasteiger charge is -2.56. The zero-order valence-electron chi connectivity index (χ0n) is 13.2. The second kappa shape index (κ2) is 5.15. The van der Waals surface area contributed by atoms with Crippen LogP contribution in [-0.2, 0) is 0 Å². The van der Waals surface area contributed by atoms with Crippen LogP contribution in [0.2, 0.25) is 0 Å². The minimum Gasteiger partial charge on any atom is -0.335 e. The summed E-state index contributed by atoms with van der Waals surface area (Å²) in [6.45, 7) is 2.20. The van der Waals surface area contributed by atoms with E-state index in [0.717, 1.165) is 43.7 Å². The van der Waals surface area contributed by atoms with Crippen molar-refractivity contribution < 1.29 is 4.79 Å². The molecular weight excluding hydrogens is 262 g/mol. The predicted octanol–water partition coefficient (Wildman–Crippen LogP) is 2.35. The molecule has 0 atom stereocenters. The van der Waals surface area contributed by atoms with E-state index in [-0.39, 0.29) is 11.6 Å². The number of nitrogens with zero attached hydrogens (tertiary/aromatic N) is 1. The molecule has 4 bridgehead atoms. The quantitative estimate of drug-likeness (QED) is 0.820. The fourth-order valence-electron chi connectivity index (χ4n) is 5.88. The third-order valence-corrected chi connectivity index (χ3v) is 6.47. The molecule has 1 saturated heterocycles. The minimum atomic E-state index is 0.103. The van der Waals surface area contributed by atoms with Crippen LogP contribution in [0.5, 0.6) is 0 Å². The first-order chi connectivity index (χ1) is 10.1. The van der Waals surface area contributed by atoms with Crippen molar-refractivity contribution in [1.29, 1.82) is 0 Å². The first kappa shape index (κ1) is 13.9. The number of piperidine rings is 1. The normalized spacial score (nSPS) is 43.0. The number of carbonyl (C=O) groups excluding carboxylic acids is 1. The summed E-state index contributed by atoms with van der Waals surface area (Å²) in [6, 6.07) is 0.474. The summed E-state index contributed by atoms with van der Waals surface area (Å²) >= 11 is 0.